The van der Waals surface area contributed by atoms with Crippen LogP contribution in [-0.4, -0.2) is 38.0 Å². The van der Waals surface area contributed by atoms with Gasteiger partial charge in [0.05, 0.1) is 16.0 Å². The third-order valence-electron chi connectivity index (χ3n) is 3.91. The Bertz CT molecular complexity index is 619. The van der Waals surface area contributed by atoms with Gasteiger partial charge in [0.25, 0.3) is 0 Å². The van der Waals surface area contributed by atoms with Crippen molar-refractivity contribution in [1.82, 2.24) is 4.31 Å². The van der Waals surface area contributed by atoms with Crippen LogP contribution in [0.5, 0.6) is 5.75 Å². The van der Waals surface area contributed by atoms with E-state index in [1.165, 1.54) is 0 Å². The summed E-state index contributed by atoms with van der Waals surface area (Å²) in [4.78, 5) is 0.273. The minimum absolute atomic E-state index is 0.135. The Hall–Kier alpha value is -0.630. The molecule has 0 amide bonds. The molecular weight excluding hydrogens is 368 g/mol. The summed E-state index contributed by atoms with van der Waals surface area (Å²) in [5, 5.41) is 0. The molecule has 1 heterocycles. The Labute approximate surface area is 141 Å². The zero-order chi connectivity index (χ0) is 16.3. The van der Waals surface area contributed by atoms with Gasteiger partial charge in [0.2, 0.25) is 10.0 Å². The second kappa shape index (κ2) is 7.29. The average molecular weight is 391 g/mol. The fraction of sp³-hybridized carbons (Fsp3) is 0.600. The van der Waals surface area contributed by atoms with Gasteiger partial charge in [-0.05, 0) is 60.8 Å². The third-order valence-corrected chi connectivity index (χ3v) is 6.46. The lowest BCUT2D eigenvalue weighted by Crippen LogP contribution is -2.51. The second-order valence-electron chi connectivity index (χ2n) is 5.56. The lowest BCUT2D eigenvalue weighted by Gasteiger charge is -2.36. The monoisotopic (exact) mass is 390 g/mol. The van der Waals surface area contributed by atoms with Crippen LogP contribution in [0, 0.1) is 0 Å². The molecule has 124 valence electrons. The summed E-state index contributed by atoms with van der Waals surface area (Å²) in [5.41, 5.74) is 5.99. The Kier molecular flexibility index (Phi) is 5.87. The zero-order valence-corrected chi connectivity index (χ0v) is 15.4. The van der Waals surface area contributed by atoms with Gasteiger partial charge in [-0.3, -0.25) is 0 Å². The van der Waals surface area contributed by atoms with Crippen LogP contribution in [0.4, 0.5) is 0 Å². The molecule has 2 atom stereocenters. The Morgan fingerprint density at radius 3 is 2.77 bits per heavy atom. The van der Waals surface area contributed by atoms with E-state index in [2.05, 4.69) is 15.9 Å². The van der Waals surface area contributed by atoms with Crippen LogP contribution in [0.15, 0.2) is 27.6 Å². The summed E-state index contributed by atoms with van der Waals surface area (Å²) >= 11 is 3.38. The van der Waals surface area contributed by atoms with Gasteiger partial charge in [-0.2, -0.15) is 4.31 Å². The van der Waals surface area contributed by atoms with E-state index in [1.54, 1.807) is 22.5 Å². The molecule has 0 bridgehead atoms. The van der Waals surface area contributed by atoms with Crippen molar-refractivity contribution in [2.75, 3.05) is 13.2 Å². The first-order valence-electron chi connectivity index (χ1n) is 7.57. The SMILES string of the molecule is CCOc1ccc(S(=O)(=O)N2CCCCC2C(C)N)cc1Br. The van der Waals surface area contributed by atoms with Gasteiger partial charge in [0.1, 0.15) is 5.75 Å². The fourth-order valence-electron chi connectivity index (χ4n) is 2.80. The van der Waals surface area contributed by atoms with Crippen LogP contribution in [-0.2, 0) is 10.0 Å². The standard InChI is InChI=1S/C15H23BrN2O3S/c1-3-21-15-8-7-12(10-13(15)16)22(19,20)18-9-5-4-6-14(18)11(2)17/h7-8,10-11,14H,3-6,9,17H2,1-2H3. The number of benzene rings is 1. The van der Waals surface area contributed by atoms with E-state index in [4.69, 9.17) is 10.5 Å². The molecular formula is C15H23BrN2O3S. The van der Waals surface area contributed by atoms with Gasteiger partial charge >= 0.3 is 0 Å². The van der Waals surface area contributed by atoms with Gasteiger partial charge in [-0.15, -0.1) is 0 Å². The van der Waals surface area contributed by atoms with Gasteiger partial charge in [0.15, 0.2) is 0 Å². The maximum Gasteiger partial charge on any atom is 0.243 e. The predicted molar refractivity (Wildman–Crippen MR) is 90.5 cm³/mol. The number of halogens is 1. The Morgan fingerprint density at radius 2 is 2.18 bits per heavy atom. The van der Waals surface area contributed by atoms with E-state index >= 15 is 0 Å². The molecule has 1 aliphatic rings. The highest BCUT2D eigenvalue weighted by molar-refractivity contribution is 9.10. The molecule has 2 unspecified atom stereocenters. The second-order valence-corrected chi connectivity index (χ2v) is 8.31. The first kappa shape index (κ1) is 17.7. The number of nitrogens with zero attached hydrogens (tertiary/aromatic N) is 1. The van der Waals surface area contributed by atoms with Crippen molar-refractivity contribution in [3.05, 3.63) is 22.7 Å². The lowest BCUT2D eigenvalue weighted by atomic mass is 10.00. The molecule has 2 rings (SSSR count). The number of hydrogen-bond donors (Lipinski definition) is 1. The summed E-state index contributed by atoms with van der Waals surface area (Å²) in [6.07, 6.45) is 2.71. The number of rotatable bonds is 5. The third kappa shape index (κ3) is 3.64. The van der Waals surface area contributed by atoms with Crippen molar-refractivity contribution in [2.24, 2.45) is 5.73 Å². The molecule has 1 fully saturated rings. The van der Waals surface area contributed by atoms with E-state index in [0.29, 0.717) is 23.4 Å². The number of sulfonamides is 1. The molecule has 0 radical (unpaired) electrons. The molecule has 2 N–H and O–H groups in total. The quantitative estimate of drug-likeness (QED) is 0.838. The average Bonchev–Trinajstić information content (AvgIpc) is 2.49. The van der Waals surface area contributed by atoms with Gasteiger partial charge in [-0.25, -0.2) is 8.42 Å². The largest absolute Gasteiger partial charge is 0.493 e. The van der Waals surface area contributed by atoms with Crippen LogP contribution in [0.1, 0.15) is 33.1 Å². The molecule has 0 aliphatic carbocycles. The van der Waals surface area contributed by atoms with Crippen molar-refractivity contribution in [1.29, 1.82) is 0 Å². The number of piperidine rings is 1. The van der Waals surface area contributed by atoms with Gasteiger partial charge in [0, 0.05) is 18.6 Å². The van der Waals surface area contributed by atoms with Crippen molar-refractivity contribution in [3.63, 3.8) is 0 Å². The van der Waals surface area contributed by atoms with Crippen LogP contribution >= 0.6 is 15.9 Å². The summed E-state index contributed by atoms with van der Waals surface area (Å²) in [7, 11) is -3.54. The highest BCUT2D eigenvalue weighted by Gasteiger charge is 2.35. The molecule has 1 saturated heterocycles. The first-order valence-corrected chi connectivity index (χ1v) is 9.81. The topological polar surface area (TPSA) is 72.6 Å². The first-order chi connectivity index (χ1) is 10.4. The summed E-state index contributed by atoms with van der Waals surface area (Å²) in [6.45, 7) is 4.81. The fourth-order valence-corrected chi connectivity index (χ4v) is 5.25. The van der Waals surface area contributed by atoms with E-state index in [9.17, 15) is 8.42 Å². The van der Waals surface area contributed by atoms with Crippen LogP contribution in [0.25, 0.3) is 0 Å². The van der Waals surface area contributed by atoms with E-state index < -0.39 is 10.0 Å². The van der Waals surface area contributed by atoms with Crippen molar-refractivity contribution >= 4 is 26.0 Å². The smallest absolute Gasteiger partial charge is 0.243 e. The van der Waals surface area contributed by atoms with Gasteiger partial charge < -0.3 is 10.5 Å². The van der Waals surface area contributed by atoms with E-state index in [-0.39, 0.29) is 17.0 Å². The Balaban J connectivity index is 2.34. The molecule has 1 aliphatic heterocycles. The van der Waals surface area contributed by atoms with Gasteiger partial charge in [-0.1, -0.05) is 6.42 Å². The number of nitrogens with two attached hydrogens (primary N) is 1. The number of hydrogen-bond acceptors (Lipinski definition) is 4. The van der Waals surface area contributed by atoms with E-state index in [0.717, 1.165) is 19.3 Å². The summed E-state index contributed by atoms with van der Waals surface area (Å²) < 4.78 is 33.5. The molecule has 0 spiro atoms. The minimum atomic E-state index is -3.54. The molecule has 1 aromatic rings. The molecule has 1 aromatic carbocycles. The maximum atomic E-state index is 12.9. The zero-order valence-electron chi connectivity index (χ0n) is 13.0. The Morgan fingerprint density at radius 1 is 1.45 bits per heavy atom. The highest BCUT2D eigenvalue weighted by Crippen LogP contribution is 2.31. The lowest BCUT2D eigenvalue weighted by molar-refractivity contribution is 0.227. The summed E-state index contributed by atoms with van der Waals surface area (Å²) in [6, 6.07) is 4.57. The number of ether oxygens (including phenoxy) is 1. The van der Waals surface area contributed by atoms with Crippen molar-refractivity contribution in [2.45, 2.75) is 50.1 Å². The highest BCUT2D eigenvalue weighted by atomic mass is 79.9. The van der Waals surface area contributed by atoms with E-state index in [1.807, 2.05) is 13.8 Å². The summed E-state index contributed by atoms with van der Waals surface area (Å²) in [5.74, 6) is 0.642. The van der Waals surface area contributed by atoms with Crippen LogP contribution < -0.4 is 10.5 Å². The minimum Gasteiger partial charge on any atom is -0.493 e. The maximum absolute atomic E-state index is 12.9. The van der Waals surface area contributed by atoms with Crippen LogP contribution in [0.2, 0.25) is 0 Å². The van der Waals surface area contributed by atoms with Crippen LogP contribution in [0.3, 0.4) is 0 Å². The normalized spacial score (nSPS) is 21.5. The van der Waals surface area contributed by atoms with Crippen molar-refractivity contribution in [3.8, 4) is 5.75 Å². The molecule has 5 nitrogen and oxygen atoms in total. The molecule has 0 saturated carbocycles. The predicted octanol–water partition coefficient (Wildman–Crippen LogP) is 2.74. The molecule has 0 aromatic heterocycles. The molecule has 22 heavy (non-hydrogen) atoms. The molecule has 7 heteroatoms. The van der Waals surface area contributed by atoms with Crippen molar-refractivity contribution < 1.29 is 13.2 Å².